The molecule has 0 saturated heterocycles. The van der Waals surface area contributed by atoms with Crippen LogP contribution in [0.3, 0.4) is 0 Å². The van der Waals surface area contributed by atoms with Gasteiger partial charge in [-0.1, -0.05) is 30.3 Å². The van der Waals surface area contributed by atoms with Crippen LogP contribution in [0.25, 0.3) is 22.6 Å². The highest BCUT2D eigenvalue weighted by Crippen LogP contribution is 2.28. The van der Waals surface area contributed by atoms with Crippen LogP contribution in [0, 0.1) is 6.92 Å². The van der Waals surface area contributed by atoms with Crippen molar-refractivity contribution in [3.05, 3.63) is 89.8 Å². The van der Waals surface area contributed by atoms with Crippen molar-refractivity contribution in [1.82, 2.24) is 4.98 Å². The second-order valence-corrected chi connectivity index (χ2v) is 9.39. The summed E-state index contributed by atoms with van der Waals surface area (Å²) in [6, 6.07) is 21.6. The Morgan fingerprint density at radius 3 is 2.33 bits per heavy atom. The number of rotatable bonds is 11. The maximum atomic E-state index is 12.1. The van der Waals surface area contributed by atoms with Gasteiger partial charge in [-0.05, 0) is 75.2 Å². The maximum absolute atomic E-state index is 12.1. The summed E-state index contributed by atoms with van der Waals surface area (Å²) in [7, 11) is 0. The van der Waals surface area contributed by atoms with E-state index >= 15 is 0 Å². The first kappa shape index (κ1) is 27.4. The van der Waals surface area contributed by atoms with Gasteiger partial charge in [0.05, 0.1) is 24.5 Å². The minimum Gasteiger partial charge on any atom is -0.493 e. The molecule has 0 aliphatic carbocycles. The van der Waals surface area contributed by atoms with E-state index in [2.05, 4.69) is 4.98 Å². The number of esters is 1. The van der Waals surface area contributed by atoms with E-state index in [0.717, 1.165) is 22.4 Å². The molecule has 39 heavy (non-hydrogen) atoms. The first-order valence-corrected chi connectivity index (χ1v) is 12.7. The number of oxazole rings is 1. The molecule has 4 rings (SSSR count). The Morgan fingerprint density at radius 1 is 0.923 bits per heavy atom. The minimum absolute atomic E-state index is 0.241. The standard InChI is InChI=1S/C31H31NO7/c1-5-36-30(35)31(3,4)39-26-11-7-10-25(19-26)37-17-16-27-20(2)38-28(32-27)24-9-6-8-23(18-24)21-12-14-22(15-13-21)29(33)34/h6-15,18-19H,5,16-17H2,1-4H3,(H,33,34). The topological polar surface area (TPSA) is 108 Å². The number of hydrogen-bond acceptors (Lipinski definition) is 7. The van der Waals surface area contributed by atoms with Crippen LogP contribution >= 0.6 is 0 Å². The molecular formula is C31H31NO7. The van der Waals surface area contributed by atoms with Gasteiger partial charge < -0.3 is 23.7 Å². The van der Waals surface area contributed by atoms with Crippen molar-refractivity contribution in [3.8, 4) is 34.1 Å². The number of carboxylic acids is 1. The van der Waals surface area contributed by atoms with Gasteiger partial charge in [-0.3, -0.25) is 0 Å². The van der Waals surface area contributed by atoms with Crippen LogP contribution < -0.4 is 9.47 Å². The summed E-state index contributed by atoms with van der Waals surface area (Å²) in [5.74, 6) is 0.926. The highest BCUT2D eigenvalue weighted by Gasteiger charge is 2.31. The van der Waals surface area contributed by atoms with Crippen molar-refractivity contribution in [2.45, 2.75) is 39.7 Å². The van der Waals surface area contributed by atoms with E-state index in [0.29, 0.717) is 36.2 Å². The third-order valence-corrected chi connectivity index (χ3v) is 6.02. The van der Waals surface area contributed by atoms with Gasteiger partial charge in [-0.15, -0.1) is 0 Å². The Labute approximate surface area is 227 Å². The zero-order valence-corrected chi connectivity index (χ0v) is 22.4. The molecule has 1 N–H and O–H groups in total. The van der Waals surface area contributed by atoms with Crippen molar-refractivity contribution >= 4 is 11.9 Å². The Kier molecular flexibility index (Phi) is 8.34. The summed E-state index contributed by atoms with van der Waals surface area (Å²) in [5, 5.41) is 9.13. The van der Waals surface area contributed by atoms with Gasteiger partial charge in [0, 0.05) is 18.1 Å². The SMILES string of the molecule is CCOC(=O)C(C)(C)Oc1cccc(OCCc2nc(-c3cccc(-c4ccc(C(=O)O)cc4)c3)oc2C)c1. The molecule has 0 aliphatic heterocycles. The van der Waals surface area contributed by atoms with Crippen LogP contribution in [0.5, 0.6) is 11.5 Å². The number of aryl methyl sites for hydroxylation is 1. The van der Waals surface area contributed by atoms with Gasteiger partial charge in [0.25, 0.3) is 0 Å². The first-order valence-electron chi connectivity index (χ1n) is 12.7. The van der Waals surface area contributed by atoms with Gasteiger partial charge in [-0.25, -0.2) is 14.6 Å². The van der Waals surface area contributed by atoms with Crippen LogP contribution in [-0.4, -0.2) is 40.8 Å². The van der Waals surface area contributed by atoms with E-state index in [1.807, 2.05) is 37.3 Å². The molecule has 0 radical (unpaired) electrons. The zero-order valence-electron chi connectivity index (χ0n) is 22.4. The van der Waals surface area contributed by atoms with E-state index in [4.69, 9.17) is 23.7 Å². The molecule has 1 heterocycles. The highest BCUT2D eigenvalue weighted by molar-refractivity contribution is 5.88. The smallest absolute Gasteiger partial charge is 0.349 e. The zero-order chi connectivity index (χ0) is 28.0. The molecule has 8 nitrogen and oxygen atoms in total. The lowest BCUT2D eigenvalue weighted by Crippen LogP contribution is -2.39. The van der Waals surface area contributed by atoms with Crippen LogP contribution in [0.1, 0.15) is 42.6 Å². The molecule has 1 aromatic heterocycles. The summed E-state index contributed by atoms with van der Waals surface area (Å²) in [6.45, 7) is 7.59. The van der Waals surface area contributed by atoms with E-state index in [9.17, 15) is 9.59 Å². The molecule has 202 valence electrons. The molecule has 4 aromatic rings. The number of hydrogen-bond donors (Lipinski definition) is 1. The summed E-state index contributed by atoms with van der Waals surface area (Å²) in [5.41, 5.74) is 2.55. The second-order valence-electron chi connectivity index (χ2n) is 9.39. The van der Waals surface area contributed by atoms with Gasteiger partial charge in [0.2, 0.25) is 5.89 Å². The maximum Gasteiger partial charge on any atom is 0.349 e. The van der Waals surface area contributed by atoms with Crippen LogP contribution in [0.2, 0.25) is 0 Å². The van der Waals surface area contributed by atoms with Crippen LogP contribution in [0.4, 0.5) is 0 Å². The number of aromatic carboxylic acids is 1. The number of aromatic nitrogens is 1. The van der Waals surface area contributed by atoms with Crippen molar-refractivity contribution in [1.29, 1.82) is 0 Å². The molecule has 0 aliphatic rings. The lowest BCUT2D eigenvalue weighted by molar-refractivity contribution is -0.158. The predicted molar refractivity (Wildman–Crippen MR) is 146 cm³/mol. The van der Waals surface area contributed by atoms with E-state index in [1.54, 1.807) is 63.2 Å². The highest BCUT2D eigenvalue weighted by atomic mass is 16.6. The van der Waals surface area contributed by atoms with E-state index in [1.165, 1.54) is 0 Å². The molecule has 0 bridgehead atoms. The van der Waals surface area contributed by atoms with Gasteiger partial charge in [0.1, 0.15) is 17.3 Å². The Morgan fingerprint density at radius 2 is 1.62 bits per heavy atom. The molecule has 8 heteroatoms. The normalized spacial score (nSPS) is 11.2. The average molecular weight is 530 g/mol. The number of carbonyl (C=O) groups excluding carboxylic acids is 1. The number of benzene rings is 3. The van der Waals surface area contributed by atoms with Crippen molar-refractivity contribution < 1.29 is 33.3 Å². The molecule has 0 amide bonds. The quantitative estimate of drug-likeness (QED) is 0.224. The van der Waals surface area contributed by atoms with Crippen LogP contribution in [0.15, 0.2) is 77.2 Å². The lowest BCUT2D eigenvalue weighted by Gasteiger charge is -2.24. The summed E-state index contributed by atoms with van der Waals surface area (Å²) >= 11 is 0. The Balaban J connectivity index is 1.40. The molecule has 0 unspecified atom stereocenters. The van der Waals surface area contributed by atoms with Crippen LogP contribution in [-0.2, 0) is 16.0 Å². The number of ether oxygens (including phenoxy) is 3. The van der Waals surface area contributed by atoms with Crippen molar-refractivity contribution in [2.24, 2.45) is 0 Å². The average Bonchev–Trinajstić information content (AvgIpc) is 3.29. The third kappa shape index (κ3) is 6.84. The number of carboxylic acid groups (broad SMARTS) is 1. The van der Waals surface area contributed by atoms with E-state index in [-0.39, 0.29) is 12.2 Å². The Hall–Kier alpha value is -4.59. The molecule has 0 saturated carbocycles. The summed E-state index contributed by atoms with van der Waals surface area (Å²) in [6.07, 6.45) is 0.533. The molecule has 3 aromatic carbocycles. The fourth-order valence-electron chi connectivity index (χ4n) is 3.95. The largest absolute Gasteiger partial charge is 0.493 e. The lowest BCUT2D eigenvalue weighted by atomic mass is 10.0. The third-order valence-electron chi connectivity index (χ3n) is 6.02. The molecular weight excluding hydrogens is 498 g/mol. The monoisotopic (exact) mass is 529 g/mol. The van der Waals surface area contributed by atoms with Gasteiger partial charge in [-0.2, -0.15) is 0 Å². The Bertz CT molecular complexity index is 1450. The molecule has 0 fully saturated rings. The van der Waals surface area contributed by atoms with Crippen molar-refractivity contribution in [2.75, 3.05) is 13.2 Å². The predicted octanol–water partition coefficient (Wildman–Crippen LogP) is 6.36. The number of nitrogens with zero attached hydrogens (tertiary/aromatic N) is 1. The first-order chi connectivity index (χ1) is 18.7. The number of carbonyl (C=O) groups is 2. The fourth-order valence-corrected chi connectivity index (χ4v) is 3.95. The molecule has 0 atom stereocenters. The summed E-state index contributed by atoms with van der Waals surface area (Å²) in [4.78, 5) is 28.0. The van der Waals surface area contributed by atoms with Gasteiger partial charge >= 0.3 is 11.9 Å². The van der Waals surface area contributed by atoms with E-state index < -0.39 is 17.5 Å². The molecule has 0 spiro atoms. The van der Waals surface area contributed by atoms with Gasteiger partial charge in [0.15, 0.2) is 5.60 Å². The second kappa shape index (κ2) is 11.9. The minimum atomic E-state index is -1.12. The summed E-state index contributed by atoms with van der Waals surface area (Å²) < 4.78 is 22.8. The van der Waals surface area contributed by atoms with Crippen molar-refractivity contribution in [3.63, 3.8) is 0 Å². The fraction of sp³-hybridized carbons (Fsp3) is 0.258.